The Morgan fingerprint density at radius 1 is 0.397 bits per heavy atom. The fourth-order valence-corrected chi connectivity index (χ4v) is 8.26. The molecule has 0 aliphatic heterocycles. The molecule has 0 N–H and O–H groups in total. The van der Waals surface area contributed by atoms with Gasteiger partial charge in [-0.15, -0.1) is 59.3 Å². The molecule has 0 unspecified atom stereocenters. The average molecular weight is 1180 g/mol. The van der Waals surface area contributed by atoms with E-state index in [0.29, 0.717) is 40.0 Å². The molecular weight excluding hydrogens is 1150 g/mol. The molecule has 0 aliphatic carbocycles. The van der Waals surface area contributed by atoms with Crippen LogP contribution in [-0.4, -0.2) is 38.6 Å². The van der Waals surface area contributed by atoms with Gasteiger partial charge in [-0.1, -0.05) is 70.6 Å². The van der Waals surface area contributed by atoms with Crippen molar-refractivity contribution >= 4 is 65.4 Å². The standard InChI is InChI=1S/C51H30N8O2.2Pt/c1-31-11-21-49(53-27-31)57-43-9-5-3-7-37(43)39-17-13-33(23-45(39)57)60-35-15-19-41-42-20-16-36(26-48(42)59(47(41)25-35)51-55-29-52-30-56-51)61-34-14-18-40-38-8-4-6-10-44(38)58(46(40)24-34)50-22-12-32(2)28-54-50;;/h3-22,27-30H,1-2H3;;/q-4;2*+2. The van der Waals surface area contributed by atoms with E-state index in [4.69, 9.17) is 19.4 Å². The first-order valence-corrected chi connectivity index (χ1v) is 19.7. The van der Waals surface area contributed by atoms with Crippen molar-refractivity contribution in [2.75, 3.05) is 0 Å². The molecule has 10 nitrogen and oxygen atoms in total. The summed E-state index contributed by atoms with van der Waals surface area (Å²) in [6.45, 7) is 4.06. The number of pyridine rings is 2. The molecule has 0 aliphatic rings. The number of hydrogen-bond acceptors (Lipinski definition) is 7. The monoisotopic (exact) mass is 1180 g/mol. The number of hydrogen-bond donors (Lipinski definition) is 0. The van der Waals surface area contributed by atoms with Crippen molar-refractivity contribution in [3.8, 4) is 40.6 Å². The third-order valence-electron chi connectivity index (χ3n) is 11.0. The van der Waals surface area contributed by atoms with Crippen LogP contribution in [0.15, 0.2) is 146 Å². The maximum Gasteiger partial charge on any atom is 2.00 e. The summed E-state index contributed by atoms with van der Waals surface area (Å²) in [5.41, 5.74) is 7.39. The molecule has 0 atom stereocenters. The van der Waals surface area contributed by atoms with Crippen LogP contribution in [0.1, 0.15) is 11.1 Å². The molecule has 0 spiro atoms. The minimum atomic E-state index is 0. The molecule has 0 bridgehead atoms. The molecular formula is C51H30N8O2Pt2. The number of ether oxygens (including phenoxy) is 2. The van der Waals surface area contributed by atoms with Gasteiger partial charge in [-0.05, 0) is 60.0 Å². The van der Waals surface area contributed by atoms with Gasteiger partial charge >= 0.3 is 42.1 Å². The van der Waals surface area contributed by atoms with Crippen molar-refractivity contribution in [2.45, 2.75) is 13.8 Å². The van der Waals surface area contributed by atoms with Crippen molar-refractivity contribution in [1.29, 1.82) is 0 Å². The second-order valence-electron chi connectivity index (χ2n) is 14.9. The summed E-state index contributed by atoms with van der Waals surface area (Å²) < 4.78 is 19.2. The summed E-state index contributed by atoms with van der Waals surface area (Å²) >= 11 is 0. The van der Waals surface area contributed by atoms with Crippen molar-refractivity contribution in [3.05, 3.63) is 182 Å². The number of benzene rings is 6. The summed E-state index contributed by atoms with van der Waals surface area (Å²) in [4.78, 5) is 22.7. The predicted molar refractivity (Wildman–Crippen MR) is 236 cm³/mol. The van der Waals surface area contributed by atoms with Gasteiger partial charge in [-0.25, -0.2) is 24.9 Å². The first kappa shape index (κ1) is 40.1. The van der Waals surface area contributed by atoms with Crippen molar-refractivity contribution in [3.63, 3.8) is 0 Å². The van der Waals surface area contributed by atoms with Crippen LogP contribution < -0.4 is 9.47 Å². The summed E-state index contributed by atoms with van der Waals surface area (Å²) in [6.07, 6.45) is 6.70. The Kier molecular flexibility index (Phi) is 10.2. The topological polar surface area (TPSA) is 97.7 Å². The van der Waals surface area contributed by atoms with Crippen molar-refractivity contribution in [1.82, 2.24) is 38.6 Å². The Morgan fingerprint density at radius 2 is 0.778 bits per heavy atom. The number of fused-ring (bicyclic) bond motifs is 9. The zero-order valence-corrected chi connectivity index (χ0v) is 37.9. The molecule has 0 fully saturated rings. The Bertz CT molecular complexity index is 3460. The Balaban J connectivity index is 0.00000236. The normalized spacial score (nSPS) is 11.4. The Hall–Kier alpha value is -6.99. The zero-order chi connectivity index (χ0) is 40.6. The van der Waals surface area contributed by atoms with Crippen LogP contribution in [0.25, 0.3) is 83.0 Å². The first-order chi connectivity index (χ1) is 30.0. The van der Waals surface area contributed by atoms with Gasteiger partial charge in [0.05, 0.1) is 0 Å². The number of nitrogens with zero attached hydrogens (tertiary/aromatic N) is 8. The molecule has 0 amide bonds. The van der Waals surface area contributed by atoms with E-state index in [-0.39, 0.29) is 42.1 Å². The Labute approximate surface area is 389 Å². The summed E-state index contributed by atoms with van der Waals surface area (Å²) in [5.74, 6) is 4.08. The zero-order valence-electron chi connectivity index (χ0n) is 33.4. The van der Waals surface area contributed by atoms with E-state index in [1.165, 1.54) is 12.7 Å². The SMILES string of the molecule is Cc1ccc(-n2c3[c-]c(Oc4[c-]c5c(cc4)c4ccc(Oc6[c-]c7c(cc6)c6ccccc6n7-c6ccc(C)cn6)[c-]c4n5-c4ncncn4)ccc3c3ccccc32)nc1.[Pt+2].[Pt+2]. The second kappa shape index (κ2) is 16.0. The molecule has 12 aromatic rings. The van der Waals surface area contributed by atoms with Gasteiger partial charge in [0.25, 0.3) is 0 Å². The van der Waals surface area contributed by atoms with Crippen LogP contribution in [0.3, 0.4) is 0 Å². The number of aromatic nitrogens is 8. The van der Waals surface area contributed by atoms with Gasteiger partial charge in [0.1, 0.15) is 24.3 Å². The molecule has 6 aromatic carbocycles. The molecule has 12 heteroatoms. The maximum atomic E-state index is 6.54. The van der Waals surface area contributed by atoms with Gasteiger partial charge in [0, 0.05) is 46.4 Å². The van der Waals surface area contributed by atoms with Gasteiger partial charge < -0.3 is 23.2 Å². The molecule has 6 aromatic heterocycles. The number of para-hydroxylation sites is 2. The van der Waals surface area contributed by atoms with Gasteiger partial charge in [0.15, 0.2) is 0 Å². The van der Waals surface area contributed by atoms with Crippen LogP contribution in [0.2, 0.25) is 0 Å². The Morgan fingerprint density at radius 3 is 1.17 bits per heavy atom. The molecule has 306 valence electrons. The minimum Gasteiger partial charge on any atom is -0.509 e. The summed E-state index contributed by atoms with van der Waals surface area (Å²) in [5, 5.41) is 6.15. The van der Waals surface area contributed by atoms with E-state index < -0.39 is 0 Å². The third kappa shape index (κ3) is 6.78. The molecule has 6 heterocycles. The molecule has 0 saturated heterocycles. The quantitative estimate of drug-likeness (QED) is 0.147. The smallest absolute Gasteiger partial charge is 0.509 e. The van der Waals surface area contributed by atoms with E-state index >= 15 is 0 Å². The number of rotatable bonds is 7. The van der Waals surface area contributed by atoms with Gasteiger partial charge in [0.2, 0.25) is 5.95 Å². The van der Waals surface area contributed by atoms with Gasteiger partial charge in [-0.3, -0.25) is 0 Å². The average Bonchev–Trinajstić information content (AvgIpc) is 3.92. The first-order valence-electron chi connectivity index (χ1n) is 19.7. The second-order valence-corrected chi connectivity index (χ2v) is 14.9. The molecule has 63 heavy (non-hydrogen) atoms. The van der Waals surface area contributed by atoms with Crippen LogP contribution >= 0.6 is 0 Å². The summed E-state index contributed by atoms with van der Waals surface area (Å²) in [7, 11) is 0. The van der Waals surface area contributed by atoms with E-state index in [2.05, 4.69) is 96.9 Å². The maximum absolute atomic E-state index is 6.54. The van der Waals surface area contributed by atoms with Crippen LogP contribution in [0.4, 0.5) is 0 Å². The van der Waals surface area contributed by atoms with E-state index in [1.54, 1.807) is 0 Å². The minimum absolute atomic E-state index is 0. The summed E-state index contributed by atoms with van der Waals surface area (Å²) in [6, 6.07) is 54.7. The fraction of sp³-hybridized carbons (Fsp3) is 0.0392. The van der Waals surface area contributed by atoms with E-state index in [1.807, 2.05) is 104 Å². The van der Waals surface area contributed by atoms with Gasteiger partial charge in [-0.2, -0.15) is 35.0 Å². The van der Waals surface area contributed by atoms with Crippen molar-refractivity contribution < 1.29 is 51.6 Å². The van der Waals surface area contributed by atoms with Crippen molar-refractivity contribution in [2.24, 2.45) is 0 Å². The predicted octanol–water partition coefficient (Wildman–Crippen LogP) is 11.4. The van der Waals surface area contributed by atoms with E-state index in [9.17, 15) is 0 Å². The van der Waals surface area contributed by atoms with Crippen LogP contribution in [-0.2, 0) is 42.1 Å². The van der Waals surface area contributed by atoms with Crippen LogP contribution in [0, 0.1) is 38.1 Å². The largest absolute Gasteiger partial charge is 2.00 e. The fourth-order valence-electron chi connectivity index (χ4n) is 8.26. The van der Waals surface area contributed by atoms with E-state index in [0.717, 1.165) is 77.1 Å². The number of aryl methyl sites for hydroxylation is 2. The molecule has 0 saturated carbocycles. The van der Waals surface area contributed by atoms with Crippen LogP contribution in [0.5, 0.6) is 23.0 Å². The molecule has 0 radical (unpaired) electrons. The third-order valence-corrected chi connectivity index (χ3v) is 11.0. The molecule has 12 rings (SSSR count).